The third kappa shape index (κ3) is 14.1. The second-order valence-electron chi connectivity index (χ2n) is 16.6. The van der Waals surface area contributed by atoms with E-state index in [4.69, 9.17) is 5.73 Å². The van der Waals surface area contributed by atoms with Gasteiger partial charge in [-0.25, -0.2) is 4.79 Å². The second-order valence-corrected chi connectivity index (χ2v) is 16.6. The van der Waals surface area contributed by atoms with Crippen LogP contribution in [-0.2, 0) is 54.4 Å². The molecular weight excluding hydrogens is 853 g/mol. The van der Waals surface area contributed by atoms with E-state index >= 15 is 0 Å². The molecule has 0 aromatic heterocycles. The zero-order valence-electron chi connectivity index (χ0n) is 36.9. The zero-order chi connectivity index (χ0) is 48.0. The number of benzene rings is 1. The van der Waals surface area contributed by atoms with Crippen molar-refractivity contribution in [1.29, 1.82) is 0 Å². The number of aliphatic hydroxyl groups excluding tert-OH is 1. The van der Waals surface area contributed by atoms with Gasteiger partial charge in [-0.05, 0) is 69.1 Å². The summed E-state index contributed by atoms with van der Waals surface area (Å²) in [6.45, 7) is 3.19. The highest BCUT2D eigenvalue weighted by Gasteiger charge is 2.46. The van der Waals surface area contributed by atoms with Gasteiger partial charge in [-0.3, -0.25) is 43.2 Å². The quantitative estimate of drug-likeness (QED) is 0.0566. The van der Waals surface area contributed by atoms with Gasteiger partial charge in [-0.15, -0.1) is 0 Å². The van der Waals surface area contributed by atoms with E-state index in [-0.39, 0.29) is 30.5 Å². The van der Waals surface area contributed by atoms with Gasteiger partial charge in [-0.1, -0.05) is 32.4 Å². The molecule has 3 fully saturated rings. The Hall–Kier alpha value is -6.36. The van der Waals surface area contributed by atoms with Crippen LogP contribution < -0.4 is 37.6 Å². The van der Waals surface area contributed by atoms with Crippen LogP contribution in [0.15, 0.2) is 24.3 Å². The van der Waals surface area contributed by atoms with Gasteiger partial charge < -0.3 is 67.7 Å². The number of carboxylic acid groups (broad SMARTS) is 1. The predicted molar refractivity (Wildman–Crippen MR) is 229 cm³/mol. The van der Waals surface area contributed by atoms with Gasteiger partial charge in [0.05, 0.1) is 32.3 Å². The van der Waals surface area contributed by atoms with Crippen LogP contribution in [0.4, 0.5) is 0 Å². The molecule has 1 aromatic carbocycles. The largest absolute Gasteiger partial charge is 0.508 e. The number of aliphatic carboxylic acids is 1. The molecule has 0 unspecified atom stereocenters. The average Bonchev–Trinajstić information content (AvgIpc) is 4.09. The Morgan fingerprint density at radius 2 is 1.18 bits per heavy atom. The predicted octanol–water partition coefficient (Wildman–Crippen LogP) is -3.82. The molecule has 0 aliphatic carbocycles. The molecule has 3 aliphatic rings. The average molecular weight is 915 g/mol. The van der Waals surface area contributed by atoms with E-state index in [1.807, 2.05) is 0 Å². The molecule has 11 N–H and O–H groups in total. The fourth-order valence-electron chi connectivity index (χ4n) is 8.02. The molecule has 65 heavy (non-hydrogen) atoms. The number of amides is 9. The minimum absolute atomic E-state index is 0.0175. The third-order valence-corrected chi connectivity index (χ3v) is 11.8. The van der Waals surface area contributed by atoms with Crippen molar-refractivity contribution in [3.8, 4) is 5.75 Å². The lowest BCUT2D eigenvalue weighted by Crippen LogP contribution is -2.60. The molecule has 1 aromatic rings. The maximum absolute atomic E-state index is 14.0. The number of carboxylic acids is 1. The lowest BCUT2D eigenvalue weighted by Gasteiger charge is -2.34. The smallest absolute Gasteiger partial charge is 0.326 e. The van der Waals surface area contributed by atoms with Crippen molar-refractivity contribution in [1.82, 2.24) is 46.6 Å². The zero-order valence-corrected chi connectivity index (χ0v) is 36.9. The maximum Gasteiger partial charge on any atom is 0.326 e. The van der Waals surface area contributed by atoms with Gasteiger partial charge in [-0.2, -0.15) is 0 Å². The van der Waals surface area contributed by atoms with Gasteiger partial charge in [0.25, 0.3) is 0 Å². The number of rotatable bonds is 21. The SMILES string of the molecule is CC[C@H](C)[C@H](NC(=O)[C@@H]1CCCN1C(=O)[C@@H]1CCCN1C(=O)[C@@H]1CCCN1C(=O)[C@H](C)N)C(=O)N[C@@H](CO)C(=O)NCC(=O)NCC(=O)NCC(=O)N[C@@H](Cc1ccc(O)cc1)C(=O)O. The van der Waals surface area contributed by atoms with E-state index in [9.17, 15) is 63.3 Å². The molecule has 3 saturated heterocycles. The van der Waals surface area contributed by atoms with Crippen molar-refractivity contribution in [2.24, 2.45) is 11.7 Å². The van der Waals surface area contributed by atoms with Crippen molar-refractivity contribution in [3.05, 3.63) is 29.8 Å². The number of carbonyl (C=O) groups excluding carboxylic acids is 9. The first-order valence-electron chi connectivity index (χ1n) is 21.9. The first kappa shape index (κ1) is 51.3. The maximum atomic E-state index is 14.0. The highest BCUT2D eigenvalue weighted by molar-refractivity contribution is 5.98. The van der Waals surface area contributed by atoms with Gasteiger partial charge in [0.2, 0.25) is 53.2 Å². The highest BCUT2D eigenvalue weighted by atomic mass is 16.4. The van der Waals surface area contributed by atoms with Crippen molar-refractivity contribution in [2.75, 3.05) is 45.9 Å². The lowest BCUT2D eigenvalue weighted by molar-refractivity contribution is -0.150. The molecule has 23 nitrogen and oxygen atoms in total. The summed E-state index contributed by atoms with van der Waals surface area (Å²) in [5.74, 6) is -7.75. The molecule has 8 atom stereocenters. The molecular formula is C42H62N10O13. The van der Waals surface area contributed by atoms with Crippen LogP contribution in [0.1, 0.15) is 71.3 Å². The number of likely N-dealkylation sites (tertiary alicyclic amines) is 3. The van der Waals surface area contributed by atoms with Gasteiger partial charge >= 0.3 is 5.97 Å². The van der Waals surface area contributed by atoms with E-state index < -0.39 is 122 Å². The lowest BCUT2D eigenvalue weighted by atomic mass is 9.97. The summed E-state index contributed by atoms with van der Waals surface area (Å²) in [5.41, 5.74) is 6.35. The summed E-state index contributed by atoms with van der Waals surface area (Å²) in [5, 5.41) is 43.0. The van der Waals surface area contributed by atoms with E-state index in [1.54, 1.807) is 20.8 Å². The molecule has 23 heteroatoms. The van der Waals surface area contributed by atoms with Crippen LogP contribution in [0.5, 0.6) is 5.75 Å². The number of nitrogens with one attached hydrogen (secondary N) is 6. The number of phenolic OH excluding ortho intramolecular Hbond substituents is 1. The second kappa shape index (κ2) is 24.1. The Morgan fingerprint density at radius 1 is 0.677 bits per heavy atom. The summed E-state index contributed by atoms with van der Waals surface area (Å²) in [6.07, 6.45) is 3.12. The van der Waals surface area contributed by atoms with Crippen molar-refractivity contribution < 1.29 is 63.3 Å². The number of aliphatic hydroxyl groups is 1. The summed E-state index contributed by atoms with van der Waals surface area (Å²) >= 11 is 0. The van der Waals surface area contributed by atoms with E-state index in [1.165, 1.54) is 39.0 Å². The molecule has 4 rings (SSSR count). The highest BCUT2D eigenvalue weighted by Crippen LogP contribution is 2.29. The Kier molecular flexibility index (Phi) is 19.0. The van der Waals surface area contributed by atoms with E-state index in [2.05, 4.69) is 31.9 Å². The van der Waals surface area contributed by atoms with Gasteiger partial charge in [0.15, 0.2) is 0 Å². The Morgan fingerprint density at radius 3 is 1.72 bits per heavy atom. The fourth-order valence-corrected chi connectivity index (χ4v) is 8.02. The van der Waals surface area contributed by atoms with Crippen LogP contribution in [0.25, 0.3) is 0 Å². The molecule has 358 valence electrons. The van der Waals surface area contributed by atoms with Gasteiger partial charge in [0.1, 0.15) is 42.0 Å². The molecule has 3 heterocycles. The van der Waals surface area contributed by atoms with E-state index in [0.29, 0.717) is 63.6 Å². The number of nitrogens with zero attached hydrogens (tertiary/aromatic N) is 3. The van der Waals surface area contributed by atoms with Crippen LogP contribution in [0, 0.1) is 5.92 Å². The molecule has 0 radical (unpaired) electrons. The normalized spacial score (nSPS) is 20.4. The van der Waals surface area contributed by atoms with Crippen LogP contribution in [0.3, 0.4) is 0 Å². The summed E-state index contributed by atoms with van der Waals surface area (Å²) < 4.78 is 0. The van der Waals surface area contributed by atoms with Crippen molar-refractivity contribution in [2.45, 2.75) is 114 Å². The summed E-state index contributed by atoms with van der Waals surface area (Å²) in [6, 6.07) is -1.67. The topological polar surface area (TPSA) is 339 Å². The molecule has 0 spiro atoms. The molecule has 9 amide bonds. The molecule has 0 saturated carbocycles. The van der Waals surface area contributed by atoms with E-state index in [0.717, 1.165) is 0 Å². The standard InChI is InChI=1S/C42H62N10O13/c1-4-23(2)35(49-37(59)29-8-5-15-50(29)40(62)31-10-7-17-52(31)41(63)30-9-6-16-51(30)39(61)24(3)43)38(60)48-28(22-53)36(58)46-20-33(56)44-19-32(55)45-21-34(57)47-27(42(64)65)18-25-11-13-26(54)14-12-25/h11-14,23-24,27-31,35,53-54H,4-10,15-22,43H2,1-3H3,(H,44,56)(H,45,55)(H,46,58)(H,47,57)(H,48,60)(H,49,59)(H,64,65)/t23-,24-,27-,28-,29-,30-,31-,35-/m0/s1. The fraction of sp³-hybridized carbons (Fsp3) is 0.619. The Labute approximate surface area is 375 Å². The minimum Gasteiger partial charge on any atom is -0.508 e. The molecule has 3 aliphatic heterocycles. The number of hydrogen-bond acceptors (Lipinski definition) is 13. The van der Waals surface area contributed by atoms with Crippen LogP contribution >= 0.6 is 0 Å². The third-order valence-electron chi connectivity index (χ3n) is 11.8. The first-order valence-corrected chi connectivity index (χ1v) is 21.9. The van der Waals surface area contributed by atoms with Crippen molar-refractivity contribution >= 4 is 59.1 Å². The minimum atomic E-state index is -1.56. The summed E-state index contributed by atoms with van der Waals surface area (Å²) in [7, 11) is 0. The number of carbonyl (C=O) groups is 10. The first-order chi connectivity index (χ1) is 30.9. The molecule has 0 bridgehead atoms. The van der Waals surface area contributed by atoms with Crippen LogP contribution in [-0.4, -0.2) is 177 Å². The number of hydrogen-bond donors (Lipinski definition) is 10. The number of nitrogens with two attached hydrogens (primary N) is 1. The number of phenols is 1. The van der Waals surface area contributed by atoms with Gasteiger partial charge in [0, 0.05) is 26.1 Å². The number of aromatic hydroxyl groups is 1. The monoisotopic (exact) mass is 914 g/mol. The Balaban J connectivity index is 1.25. The Bertz CT molecular complexity index is 1930. The van der Waals surface area contributed by atoms with Crippen LogP contribution in [0.2, 0.25) is 0 Å². The summed E-state index contributed by atoms with van der Waals surface area (Å²) in [4.78, 5) is 134. The van der Waals surface area contributed by atoms with Crippen molar-refractivity contribution in [3.63, 3.8) is 0 Å².